The number of nitrogens with zero attached hydrogens (tertiary/aromatic N) is 5. The van der Waals surface area contributed by atoms with Crippen molar-refractivity contribution < 1.29 is 14.3 Å². The number of hydrogen-bond acceptors (Lipinski definition) is 6. The molecule has 1 unspecified atom stereocenters. The van der Waals surface area contributed by atoms with Crippen LogP contribution in [0.3, 0.4) is 0 Å². The number of likely N-dealkylation sites (N-methyl/N-ethyl adjacent to an activating group) is 1. The van der Waals surface area contributed by atoms with Crippen molar-refractivity contribution in [2.24, 2.45) is 4.99 Å². The van der Waals surface area contributed by atoms with Gasteiger partial charge < -0.3 is 19.3 Å². The number of likely N-dealkylation sites (tertiary alicyclic amines) is 1. The number of amides is 1. The van der Waals surface area contributed by atoms with E-state index >= 15 is 0 Å². The largest absolute Gasteiger partial charge is 0.474 e. The Bertz CT molecular complexity index is 785. The van der Waals surface area contributed by atoms with Gasteiger partial charge in [-0.2, -0.15) is 0 Å². The molecule has 0 aliphatic carbocycles. The predicted octanol–water partition coefficient (Wildman–Crippen LogP) is 3.39. The summed E-state index contributed by atoms with van der Waals surface area (Å²) in [6.07, 6.45) is 6.39. The molecule has 3 rings (SSSR count). The molecule has 8 nitrogen and oxygen atoms in total. The number of alkyl halides is 1. The molecule has 2 aliphatic rings. The third-order valence-corrected chi connectivity index (χ3v) is 4.81. The number of aromatic nitrogens is 2. The van der Waals surface area contributed by atoms with Gasteiger partial charge in [-0.05, 0) is 26.8 Å². The highest BCUT2D eigenvalue weighted by molar-refractivity contribution is 6.22. The first kappa shape index (κ1) is 21.4. The molecule has 0 aromatic carbocycles. The van der Waals surface area contributed by atoms with Crippen LogP contribution in [0.25, 0.3) is 0 Å². The summed E-state index contributed by atoms with van der Waals surface area (Å²) in [5.74, 6) is 1.80. The number of carbonyl (C=O) groups is 1. The fraction of sp³-hybridized carbons (Fsp3) is 0.600. The minimum absolute atomic E-state index is 0.0154. The average molecular weight is 422 g/mol. The Hall–Kier alpha value is -2.35. The normalized spacial score (nSPS) is 22.1. The van der Waals surface area contributed by atoms with Crippen molar-refractivity contribution in [3.05, 3.63) is 24.5 Å². The minimum atomic E-state index is -0.491. The lowest BCUT2D eigenvalue weighted by Gasteiger charge is -2.33. The lowest BCUT2D eigenvalue weighted by atomic mass is 10.1. The molecule has 0 saturated carbocycles. The summed E-state index contributed by atoms with van der Waals surface area (Å²) in [5.41, 5.74) is -0.491. The van der Waals surface area contributed by atoms with Crippen LogP contribution in [0.15, 0.2) is 29.5 Å². The quantitative estimate of drug-likeness (QED) is 0.696. The number of amidine groups is 1. The van der Waals surface area contributed by atoms with Crippen LogP contribution in [0.4, 0.5) is 10.6 Å². The van der Waals surface area contributed by atoms with Crippen LogP contribution in [0.5, 0.6) is 5.88 Å². The van der Waals surface area contributed by atoms with Gasteiger partial charge in [-0.25, -0.2) is 19.8 Å². The molecule has 3 heterocycles. The van der Waals surface area contributed by atoms with Crippen molar-refractivity contribution in [2.45, 2.75) is 50.7 Å². The van der Waals surface area contributed by atoms with Gasteiger partial charge in [0.2, 0.25) is 5.88 Å². The Morgan fingerprint density at radius 1 is 1.28 bits per heavy atom. The highest BCUT2D eigenvalue weighted by atomic mass is 35.5. The Morgan fingerprint density at radius 2 is 2.00 bits per heavy atom. The van der Waals surface area contributed by atoms with E-state index in [1.54, 1.807) is 11.0 Å². The summed E-state index contributed by atoms with van der Waals surface area (Å²) < 4.78 is 11.4. The fourth-order valence-electron chi connectivity index (χ4n) is 3.08. The number of carbonyl (C=O) groups excluding carboxylic acids is 1. The van der Waals surface area contributed by atoms with Gasteiger partial charge in [-0.3, -0.25) is 0 Å². The highest BCUT2D eigenvalue weighted by Crippen LogP contribution is 2.22. The van der Waals surface area contributed by atoms with Crippen molar-refractivity contribution in [2.75, 3.05) is 26.7 Å². The van der Waals surface area contributed by atoms with E-state index in [1.165, 1.54) is 6.33 Å². The first-order chi connectivity index (χ1) is 13.7. The summed E-state index contributed by atoms with van der Waals surface area (Å²) in [7, 11) is 1.94. The molecular weight excluding hydrogens is 394 g/mol. The molecule has 0 spiro atoms. The topological polar surface area (TPSA) is 80.2 Å². The zero-order valence-corrected chi connectivity index (χ0v) is 18.1. The number of rotatable bonds is 3. The Balaban J connectivity index is 1.56. The van der Waals surface area contributed by atoms with Gasteiger partial charge in [0.1, 0.15) is 23.9 Å². The lowest BCUT2D eigenvalue weighted by molar-refractivity contribution is 0.0123. The first-order valence-corrected chi connectivity index (χ1v) is 10.2. The van der Waals surface area contributed by atoms with E-state index in [2.05, 4.69) is 15.0 Å². The molecule has 0 N–H and O–H groups in total. The summed E-state index contributed by atoms with van der Waals surface area (Å²) in [6, 6.07) is 1.72. The Kier molecular flexibility index (Phi) is 6.62. The molecule has 0 radical (unpaired) electrons. The number of piperidine rings is 1. The third kappa shape index (κ3) is 6.32. The molecular formula is C20H28ClN5O3. The van der Waals surface area contributed by atoms with Gasteiger partial charge in [0.05, 0.1) is 5.38 Å². The fourth-order valence-corrected chi connectivity index (χ4v) is 3.36. The average Bonchev–Trinajstić information content (AvgIpc) is 2.64. The van der Waals surface area contributed by atoms with Crippen molar-refractivity contribution in [3.63, 3.8) is 0 Å². The zero-order chi connectivity index (χ0) is 21.0. The number of aliphatic imine (C=N–C) groups is 1. The van der Waals surface area contributed by atoms with Crippen molar-refractivity contribution in [1.29, 1.82) is 0 Å². The second kappa shape index (κ2) is 8.98. The van der Waals surface area contributed by atoms with Gasteiger partial charge in [-0.15, -0.1) is 11.6 Å². The number of ether oxygens (including phenoxy) is 2. The van der Waals surface area contributed by atoms with Gasteiger partial charge in [0, 0.05) is 45.6 Å². The molecule has 1 saturated heterocycles. The van der Waals surface area contributed by atoms with Gasteiger partial charge >= 0.3 is 6.09 Å². The highest BCUT2D eigenvalue weighted by Gasteiger charge is 2.28. The molecule has 2 aliphatic heterocycles. The van der Waals surface area contributed by atoms with E-state index in [9.17, 15) is 4.79 Å². The summed E-state index contributed by atoms with van der Waals surface area (Å²) in [6.45, 7) is 7.48. The summed E-state index contributed by atoms with van der Waals surface area (Å²) >= 11 is 6.11. The van der Waals surface area contributed by atoms with Crippen LogP contribution >= 0.6 is 11.6 Å². The molecule has 1 fully saturated rings. The van der Waals surface area contributed by atoms with E-state index in [0.29, 0.717) is 31.3 Å². The van der Waals surface area contributed by atoms with Crippen LogP contribution in [-0.2, 0) is 4.74 Å². The molecule has 9 heteroatoms. The number of hydrogen-bond donors (Lipinski definition) is 0. The SMILES string of the molecule is CN1CC(Cl)C=CC1=Nc1cc(OC2CCN(C(=O)OC(C)(C)C)CC2)ncn1. The van der Waals surface area contributed by atoms with Crippen LogP contribution in [-0.4, -0.2) is 75.5 Å². The van der Waals surface area contributed by atoms with Crippen molar-refractivity contribution in [1.82, 2.24) is 19.8 Å². The van der Waals surface area contributed by atoms with Gasteiger partial charge in [0.15, 0.2) is 5.82 Å². The molecule has 158 valence electrons. The maximum absolute atomic E-state index is 12.2. The Labute approximate surface area is 176 Å². The van der Waals surface area contributed by atoms with Crippen LogP contribution < -0.4 is 4.74 Å². The molecule has 1 aromatic heterocycles. The second-order valence-electron chi connectivity index (χ2n) is 8.22. The monoisotopic (exact) mass is 421 g/mol. The van der Waals surface area contributed by atoms with Gasteiger partial charge in [0.25, 0.3) is 0 Å². The maximum Gasteiger partial charge on any atom is 0.410 e. The molecule has 29 heavy (non-hydrogen) atoms. The minimum Gasteiger partial charge on any atom is -0.474 e. The van der Waals surface area contributed by atoms with E-state index in [-0.39, 0.29) is 17.6 Å². The lowest BCUT2D eigenvalue weighted by Crippen LogP contribution is -2.44. The van der Waals surface area contributed by atoms with Gasteiger partial charge in [-0.1, -0.05) is 6.08 Å². The van der Waals surface area contributed by atoms with E-state index < -0.39 is 5.60 Å². The first-order valence-electron chi connectivity index (χ1n) is 9.78. The Morgan fingerprint density at radius 3 is 2.66 bits per heavy atom. The molecule has 1 atom stereocenters. The molecule has 1 aromatic rings. The number of halogens is 1. The van der Waals surface area contributed by atoms with Crippen molar-refractivity contribution in [3.8, 4) is 5.88 Å². The van der Waals surface area contributed by atoms with E-state index in [0.717, 1.165) is 18.7 Å². The smallest absolute Gasteiger partial charge is 0.410 e. The maximum atomic E-state index is 12.2. The second-order valence-corrected chi connectivity index (χ2v) is 8.79. The van der Waals surface area contributed by atoms with E-state index in [1.807, 2.05) is 44.9 Å². The van der Waals surface area contributed by atoms with Crippen LogP contribution in [0, 0.1) is 0 Å². The van der Waals surface area contributed by atoms with Crippen LogP contribution in [0.2, 0.25) is 0 Å². The third-order valence-electron chi connectivity index (χ3n) is 4.53. The summed E-state index contributed by atoms with van der Waals surface area (Å²) in [4.78, 5) is 28.8. The molecule has 1 amide bonds. The van der Waals surface area contributed by atoms with Crippen LogP contribution in [0.1, 0.15) is 33.6 Å². The van der Waals surface area contributed by atoms with E-state index in [4.69, 9.17) is 21.1 Å². The predicted molar refractivity (Wildman–Crippen MR) is 112 cm³/mol. The molecule has 0 bridgehead atoms. The summed E-state index contributed by atoms with van der Waals surface area (Å²) in [5, 5.41) is -0.0187. The standard InChI is InChI=1S/C20H28ClN5O3/c1-20(2,3)29-19(27)26-9-7-15(8-10-26)28-18-11-16(22-13-23-18)24-17-6-5-14(21)12-25(17)4/h5-6,11,13-15H,7-10,12H2,1-4H3. The van der Waals surface area contributed by atoms with Crippen molar-refractivity contribution >= 4 is 29.3 Å². The zero-order valence-electron chi connectivity index (χ0n) is 17.3.